The summed E-state index contributed by atoms with van der Waals surface area (Å²) in [7, 11) is 0. The smallest absolute Gasteiger partial charge is 0.283 e. The van der Waals surface area contributed by atoms with E-state index in [-0.39, 0.29) is 11.7 Å². The van der Waals surface area contributed by atoms with Crippen molar-refractivity contribution in [1.29, 1.82) is 0 Å². The molecular formula is C17H11ClFN5OS2. The van der Waals surface area contributed by atoms with E-state index in [1.165, 1.54) is 28.7 Å². The molecule has 3 aromatic heterocycles. The molecule has 5 rings (SSSR count). The Bertz CT molecular complexity index is 1170. The number of aromatic amines is 1. The largest absolute Gasteiger partial charge is 0.348 e. The molecule has 0 unspecified atom stereocenters. The minimum Gasteiger partial charge on any atom is -0.348 e. The number of aromatic nitrogens is 4. The van der Waals surface area contributed by atoms with Crippen LogP contribution in [0.1, 0.15) is 32.2 Å². The SMILES string of the molecule is O=C(c1nc(Cl)cs1)N1CCc2[nH]cnc2[C@H]1c1nc2cccc(F)c2s1. The van der Waals surface area contributed by atoms with Gasteiger partial charge in [0.05, 0.1) is 22.2 Å². The molecule has 1 N–H and O–H groups in total. The molecule has 0 saturated carbocycles. The molecule has 10 heteroatoms. The van der Waals surface area contributed by atoms with E-state index in [2.05, 4.69) is 19.9 Å². The third-order valence-corrected chi connectivity index (χ3v) is 6.75. The molecule has 4 heterocycles. The van der Waals surface area contributed by atoms with Gasteiger partial charge in [-0.05, 0) is 12.1 Å². The van der Waals surface area contributed by atoms with E-state index in [4.69, 9.17) is 11.6 Å². The number of hydrogen-bond acceptors (Lipinski definition) is 6. The number of H-pyrrole nitrogens is 1. The fourth-order valence-electron chi connectivity index (χ4n) is 3.27. The molecule has 0 aliphatic carbocycles. The zero-order valence-corrected chi connectivity index (χ0v) is 16.0. The highest BCUT2D eigenvalue weighted by molar-refractivity contribution is 7.18. The average Bonchev–Trinajstić information content (AvgIpc) is 3.39. The van der Waals surface area contributed by atoms with Crippen LogP contribution in [0.2, 0.25) is 5.15 Å². The van der Waals surface area contributed by atoms with Gasteiger partial charge in [0.15, 0.2) is 5.01 Å². The standard InChI is InChI=1S/C17H11ClFN5OS2/c18-11-6-26-16(23-11)17(25)24-5-4-9-12(21-7-20-9)13(24)15-22-10-3-1-2-8(19)14(10)27-15/h1-3,6-7,13H,4-5H2,(H,20,21)/t13-/m0/s1. The highest BCUT2D eigenvalue weighted by atomic mass is 35.5. The van der Waals surface area contributed by atoms with E-state index in [1.54, 1.807) is 28.7 Å². The first-order chi connectivity index (χ1) is 13.1. The predicted octanol–water partition coefficient (Wildman–Crippen LogP) is 4.06. The number of rotatable bonds is 2. The van der Waals surface area contributed by atoms with Crippen LogP contribution in [0.4, 0.5) is 4.39 Å². The fourth-order valence-corrected chi connectivity index (χ4v) is 5.26. The third-order valence-electron chi connectivity index (χ3n) is 4.46. The van der Waals surface area contributed by atoms with Gasteiger partial charge in [-0.25, -0.2) is 19.3 Å². The molecule has 0 fully saturated rings. The van der Waals surface area contributed by atoms with Crippen LogP contribution in [0.25, 0.3) is 10.2 Å². The lowest BCUT2D eigenvalue weighted by molar-refractivity contribution is 0.0690. The van der Waals surface area contributed by atoms with E-state index >= 15 is 0 Å². The van der Waals surface area contributed by atoms with Crippen molar-refractivity contribution >= 4 is 50.4 Å². The van der Waals surface area contributed by atoms with Crippen molar-refractivity contribution in [2.45, 2.75) is 12.5 Å². The average molecular weight is 420 g/mol. The van der Waals surface area contributed by atoms with Gasteiger partial charge in [-0.3, -0.25) is 4.79 Å². The lowest BCUT2D eigenvalue weighted by atomic mass is 10.0. The zero-order valence-electron chi connectivity index (χ0n) is 13.6. The number of fused-ring (bicyclic) bond motifs is 2. The van der Waals surface area contributed by atoms with Gasteiger partial charge in [0.25, 0.3) is 5.91 Å². The van der Waals surface area contributed by atoms with E-state index in [9.17, 15) is 9.18 Å². The Hall–Kier alpha value is -2.36. The second kappa shape index (κ2) is 6.36. The van der Waals surface area contributed by atoms with E-state index in [1.807, 2.05) is 0 Å². The Balaban J connectivity index is 1.64. The summed E-state index contributed by atoms with van der Waals surface area (Å²) in [6.07, 6.45) is 2.26. The number of carbonyl (C=O) groups excluding carboxylic acids is 1. The molecule has 27 heavy (non-hydrogen) atoms. The van der Waals surface area contributed by atoms with Gasteiger partial charge in [0.1, 0.15) is 22.0 Å². The van der Waals surface area contributed by atoms with Gasteiger partial charge >= 0.3 is 0 Å². The van der Waals surface area contributed by atoms with Gasteiger partial charge in [-0.15, -0.1) is 22.7 Å². The van der Waals surface area contributed by atoms with E-state index in [0.29, 0.717) is 38.4 Å². The van der Waals surface area contributed by atoms with Crippen LogP contribution in [0.3, 0.4) is 0 Å². The van der Waals surface area contributed by atoms with Crippen LogP contribution in [-0.4, -0.2) is 37.3 Å². The monoisotopic (exact) mass is 419 g/mol. The van der Waals surface area contributed by atoms with Gasteiger partial charge in [-0.2, -0.15) is 0 Å². The summed E-state index contributed by atoms with van der Waals surface area (Å²) >= 11 is 8.33. The first-order valence-corrected chi connectivity index (χ1v) is 10.2. The molecule has 0 radical (unpaired) electrons. The Labute approximate surface area is 165 Å². The van der Waals surface area contributed by atoms with Crippen LogP contribution in [0.15, 0.2) is 29.9 Å². The molecule has 4 aromatic rings. The Morgan fingerprint density at radius 2 is 2.26 bits per heavy atom. The van der Waals surface area contributed by atoms with Gasteiger partial charge in [-0.1, -0.05) is 17.7 Å². The molecule has 0 bridgehead atoms. The molecular weight excluding hydrogens is 409 g/mol. The number of imidazole rings is 1. The predicted molar refractivity (Wildman–Crippen MR) is 102 cm³/mol. The highest BCUT2D eigenvalue weighted by Gasteiger charge is 2.37. The maximum atomic E-state index is 14.2. The zero-order chi connectivity index (χ0) is 18.5. The van der Waals surface area contributed by atoms with Crippen molar-refractivity contribution in [3.8, 4) is 0 Å². The topological polar surface area (TPSA) is 74.8 Å². The molecule has 136 valence electrons. The number of thiazole rings is 2. The summed E-state index contributed by atoms with van der Waals surface area (Å²) in [4.78, 5) is 31.0. The van der Waals surface area contributed by atoms with Crippen LogP contribution < -0.4 is 0 Å². The summed E-state index contributed by atoms with van der Waals surface area (Å²) in [6, 6.07) is 4.31. The van der Waals surface area contributed by atoms with Crippen molar-refractivity contribution in [3.05, 3.63) is 62.3 Å². The Morgan fingerprint density at radius 3 is 3.04 bits per heavy atom. The molecule has 1 aliphatic rings. The maximum absolute atomic E-state index is 14.2. The highest BCUT2D eigenvalue weighted by Crippen LogP contribution is 2.39. The van der Waals surface area contributed by atoms with Crippen molar-refractivity contribution in [3.63, 3.8) is 0 Å². The minimum absolute atomic E-state index is 0.231. The van der Waals surface area contributed by atoms with Crippen molar-refractivity contribution in [1.82, 2.24) is 24.8 Å². The van der Waals surface area contributed by atoms with Crippen LogP contribution >= 0.6 is 34.3 Å². The lowest BCUT2D eigenvalue weighted by Crippen LogP contribution is -2.40. The maximum Gasteiger partial charge on any atom is 0.283 e. The number of benzene rings is 1. The first kappa shape index (κ1) is 16.8. The van der Waals surface area contributed by atoms with Crippen molar-refractivity contribution in [2.24, 2.45) is 0 Å². The molecule has 1 aliphatic heterocycles. The number of amides is 1. The number of hydrogen-bond donors (Lipinski definition) is 1. The van der Waals surface area contributed by atoms with E-state index < -0.39 is 6.04 Å². The summed E-state index contributed by atoms with van der Waals surface area (Å²) in [5.41, 5.74) is 2.26. The van der Waals surface area contributed by atoms with Gasteiger partial charge in [0.2, 0.25) is 0 Å². The second-order valence-electron chi connectivity index (χ2n) is 6.03. The fraction of sp³-hybridized carbons (Fsp3) is 0.176. The van der Waals surface area contributed by atoms with Crippen molar-refractivity contribution < 1.29 is 9.18 Å². The molecule has 1 atom stereocenters. The van der Waals surface area contributed by atoms with Crippen LogP contribution in [0, 0.1) is 5.82 Å². The molecule has 0 spiro atoms. The number of carbonyl (C=O) groups is 1. The minimum atomic E-state index is -0.494. The Kier molecular flexibility index (Phi) is 3.96. The number of nitrogens with one attached hydrogen (secondary N) is 1. The first-order valence-electron chi connectivity index (χ1n) is 8.11. The lowest BCUT2D eigenvalue weighted by Gasteiger charge is -2.33. The molecule has 1 amide bonds. The van der Waals surface area contributed by atoms with Gasteiger partial charge < -0.3 is 9.88 Å². The summed E-state index contributed by atoms with van der Waals surface area (Å²) in [6.45, 7) is 0.480. The molecule has 0 saturated heterocycles. The van der Waals surface area contributed by atoms with Gasteiger partial charge in [0, 0.05) is 24.0 Å². The normalized spacial score (nSPS) is 16.7. The van der Waals surface area contributed by atoms with E-state index in [0.717, 1.165) is 11.4 Å². The summed E-state index contributed by atoms with van der Waals surface area (Å²) in [5.74, 6) is -0.552. The third kappa shape index (κ3) is 2.73. The number of nitrogens with zero attached hydrogens (tertiary/aromatic N) is 4. The molecule has 6 nitrogen and oxygen atoms in total. The molecule has 1 aromatic carbocycles. The summed E-state index contributed by atoms with van der Waals surface area (Å²) < 4.78 is 14.6. The van der Waals surface area contributed by atoms with Crippen LogP contribution in [0.5, 0.6) is 0 Å². The quantitative estimate of drug-likeness (QED) is 0.531. The Morgan fingerprint density at radius 1 is 1.37 bits per heavy atom. The van der Waals surface area contributed by atoms with Crippen LogP contribution in [-0.2, 0) is 6.42 Å². The summed E-state index contributed by atoms with van der Waals surface area (Å²) in [5, 5.41) is 2.86. The second-order valence-corrected chi connectivity index (χ2v) is 8.31. The number of halogens is 2. The van der Waals surface area contributed by atoms with Crippen molar-refractivity contribution in [2.75, 3.05) is 6.54 Å².